The first-order valence-electron chi connectivity index (χ1n) is 7.75. The summed E-state index contributed by atoms with van der Waals surface area (Å²) in [5, 5.41) is 11.8. The molecule has 0 radical (unpaired) electrons. The van der Waals surface area contributed by atoms with Crippen LogP contribution in [0.3, 0.4) is 0 Å². The van der Waals surface area contributed by atoms with Gasteiger partial charge in [-0.05, 0) is 52.9 Å². The fourth-order valence-corrected chi connectivity index (χ4v) is 2.51. The van der Waals surface area contributed by atoms with Gasteiger partial charge >= 0.3 is 5.97 Å². The Morgan fingerprint density at radius 1 is 1.33 bits per heavy atom. The monoisotopic (exact) mass is 483 g/mol. The smallest absolute Gasteiger partial charge is 0.307 e. The molecule has 140 valence electrons. The van der Waals surface area contributed by atoms with Crippen molar-refractivity contribution in [1.82, 2.24) is 4.98 Å². The second kappa shape index (κ2) is 9.94. The van der Waals surface area contributed by atoms with Gasteiger partial charge in [0.25, 0.3) is 0 Å². The number of rotatable bonds is 8. The van der Waals surface area contributed by atoms with E-state index < -0.39 is 17.6 Å². The Labute approximate surface area is 168 Å². The zero-order valence-corrected chi connectivity index (χ0v) is 16.4. The number of nitriles is 1. The molecule has 0 aliphatic heterocycles. The van der Waals surface area contributed by atoms with E-state index in [0.29, 0.717) is 3.57 Å². The van der Waals surface area contributed by atoms with Crippen LogP contribution in [0.2, 0.25) is 0 Å². The summed E-state index contributed by atoms with van der Waals surface area (Å²) in [6, 6.07) is 9.21. The lowest BCUT2D eigenvalue weighted by Crippen LogP contribution is -2.15. The van der Waals surface area contributed by atoms with Gasteiger partial charge in [0.15, 0.2) is 5.78 Å². The van der Waals surface area contributed by atoms with Crippen LogP contribution >= 0.6 is 22.6 Å². The predicted octanol–water partition coefficient (Wildman–Crippen LogP) is 3.20. The standard InChI is InChI=1S/C18H15FIN3O4/c1-26-17(25)6-7-27-10-16(24)13-4-3-12(9-21)22-18(13)23-15-5-2-11(20)8-14(15)19/h2-5,8H,6-7,10H2,1H3,(H,22,23). The van der Waals surface area contributed by atoms with Crippen LogP contribution in [0, 0.1) is 20.7 Å². The Morgan fingerprint density at radius 2 is 2.11 bits per heavy atom. The molecule has 7 nitrogen and oxygen atoms in total. The molecular formula is C18H15FIN3O4. The third-order valence-electron chi connectivity index (χ3n) is 3.41. The maximum atomic E-state index is 14.1. The Balaban J connectivity index is 2.17. The van der Waals surface area contributed by atoms with Crippen molar-refractivity contribution in [3.05, 3.63) is 51.0 Å². The number of halogens is 2. The number of ketones is 1. The number of carbonyl (C=O) groups is 2. The Bertz CT molecular complexity index is 899. The number of pyridine rings is 1. The molecule has 0 fully saturated rings. The van der Waals surface area contributed by atoms with E-state index in [4.69, 9.17) is 10.00 Å². The first-order chi connectivity index (χ1) is 12.9. The van der Waals surface area contributed by atoms with Crippen LogP contribution in [0.5, 0.6) is 0 Å². The highest BCUT2D eigenvalue weighted by molar-refractivity contribution is 14.1. The van der Waals surface area contributed by atoms with E-state index in [9.17, 15) is 14.0 Å². The number of aromatic nitrogens is 1. The number of benzene rings is 1. The summed E-state index contributed by atoms with van der Waals surface area (Å²) < 4.78 is 24.5. The molecule has 0 amide bonds. The van der Waals surface area contributed by atoms with Gasteiger partial charge in [-0.1, -0.05) is 0 Å². The van der Waals surface area contributed by atoms with Crippen molar-refractivity contribution in [2.45, 2.75) is 6.42 Å². The van der Waals surface area contributed by atoms with Crippen LogP contribution in [0.15, 0.2) is 30.3 Å². The third-order valence-corrected chi connectivity index (χ3v) is 4.08. The molecule has 9 heteroatoms. The number of nitrogens with zero attached hydrogens (tertiary/aromatic N) is 2. The van der Waals surface area contributed by atoms with Crippen molar-refractivity contribution in [1.29, 1.82) is 5.26 Å². The molecule has 1 aromatic carbocycles. The Kier molecular flexibility index (Phi) is 7.63. The molecule has 2 aromatic rings. The van der Waals surface area contributed by atoms with Crippen molar-refractivity contribution >= 4 is 45.8 Å². The van der Waals surface area contributed by atoms with Crippen LogP contribution in [0.4, 0.5) is 15.9 Å². The average Bonchev–Trinajstić information content (AvgIpc) is 2.66. The molecule has 27 heavy (non-hydrogen) atoms. The van der Waals surface area contributed by atoms with Crippen molar-refractivity contribution in [2.24, 2.45) is 0 Å². The summed E-state index contributed by atoms with van der Waals surface area (Å²) in [7, 11) is 1.26. The summed E-state index contributed by atoms with van der Waals surface area (Å²) in [6.07, 6.45) is 0.0222. The molecule has 1 heterocycles. The topological polar surface area (TPSA) is 101 Å². The molecule has 0 saturated carbocycles. The van der Waals surface area contributed by atoms with E-state index >= 15 is 0 Å². The van der Waals surface area contributed by atoms with Crippen molar-refractivity contribution in [2.75, 3.05) is 25.6 Å². The Morgan fingerprint density at radius 3 is 2.78 bits per heavy atom. The largest absolute Gasteiger partial charge is 0.469 e. The highest BCUT2D eigenvalue weighted by atomic mass is 127. The maximum Gasteiger partial charge on any atom is 0.307 e. The number of hydrogen-bond donors (Lipinski definition) is 1. The normalized spacial score (nSPS) is 10.1. The summed E-state index contributed by atoms with van der Waals surface area (Å²) in [6.45, 7) is -0.273. The Hall–Kier alpha value is -2.58. The van der Waals surface area contributed by atoms with Gasteiger partial charge in [-0.3, -0.25) is 9.59 Å². The zero-order valence-electron chi connectivity index (χ0n) is 14.3. The van der Waals surface area contributed by atoms with Crippen LogP contribution < -0.4 is 5.32 Å². The molecule has 0 bridgehead atoms. The number of ether oxygens (including phenoxy) is 2. The summed E-state index contributed by atoms with van der Waals surface area (Å²) in [5.41, 5.74) is 0.343. The molecule has 0 unspecified atom stereocenters. The number of nitrogens with one attached hydrogen (secondary N) is 1. The fraction of sp³-hybridized carbons (Fsp3) is 0.222. The minimum absolute atomic E-state index is 0.0222. The van der Waals surface area contributed by atoms with Gasteiger partial charge < -0.3 is 14.8 Å². The molecular weight excluding hydrogens is 468 g/mol. The van der Waals surface area contributed by atoms with Crippen LogP contribution in [0.1, 0.15) is 22.5 Å². The lowest BCUT2D eigenvalue weighted by Gasteiger charge is -2.12. The summed E-state index contributed by atoms with van der Waals surface area (Å²) in [4.78, 5) is 27.5. The highest BCUT2D eigenvalue weighted by Gasteiger charge is 2.16. The maximum absolute atomic E-state index is 14.1. The van der Waals surface area contributed by atoms with E-state index in [2.05, 4.69) is 15.0 Å². The second-order valence-corrected chi connectivity index (χ2v) is 6.50. The van der Waals surface area contributed by atoms with E-state index in [1.54, 1.807) is 6.07 Å². The van der Waals surface area contributed by atoms with Gasteiger partial charge in [0, 0.05) is 3.57 Å². The summed E-state index contributed by atoms with van der Waals surface area (Å²) >= 11 is 1.98. The molecule has 0 aliphatic carbocycles. The number of hydrogen-bond acceptors (Lipinski definition) is 7. The van der Waals surface area contributed by atoms with Gasteiger partial charge in [0.2, 0.25) is 0 Å². The lowest BCUT2D eigenvalue weighted by molar-refractivity contribution is -0.141. The first kappa shape index (κ1) is 20.7. The number of anilines is 2. The van der Waals surface area contributed by atoms with E-state index in [1.807, 2.05) is 28.7 Å². The van der Waals surface area contributed by atoms with Gasteiger partial charge in [-0.25, -0.2) is 9.37 Å². The number of carbonyl (C=O) groups excluding carboxylic acids is 2. The van der Waals surface area contributed by atoms with Crippen molar-refractivity contribution in [3.8, 4) is 6.07 Å². The van der Waals surface area contributed by atoms with E-state index in [0.717, 1.165) is 0 Å². The molecule has 0 saturated heterocycles. The van der Waals surface area contributed by atoms with Crippen molar-refractivity contribution < 1.29 is 23.5 Å². The highest BCUT2D eigenvalue weighted by Crippen LogP contribution is 2.24. The van der Waals surface area contributed by atoms with Gasteiger partial charge in [-0.2, -0.15) is 5.26 Å². The molecule has 0 atom stereocenters. The quantitative estimate of drug-likeness (QED) is 0.266. The van der Waals surface area contributed by atoms with Gasteiger partial charge in [0.05, 0.1) is 31.4 Å². The lowest BCUT2D eigenvalue weighted by atomic mass is 10.1. The van der Waals surface area contributed by atoms with E-state index in [1.165, 1.54) is 31.4 Å². The number of methoxy groups -OCH3 is 1. The summed E-state index contributed by atoms with van der Waals surface area (Å²) in [5.74, 6) is -1.33. The van der Waals surface area contributed by atoms with Crippen LogP contribution in [0.25, 0.3) is 0 Å². The van der Waals surface area contributed by atoms with E-state index in [-0.39, 0.29) is 42.4 Å². The van der Waals surface area contributed by atoms with Gasteiger partial charge in [0.1, 0.15) is 30.0 Å². The number of esters is 1. The zero-order chi connectivity index (χ0) is 19.8. The molecule has 2 rings (SSSR count). The average molecular weight is 483 g/mol. The molecule has 0 aliphatic rings. The minimum Gasteiger partial charge on any atom is -0.469 e. The third kappa shape index (κ3) is 5.97. The first-order valence-corrected chi connectivity index (χ1v) is 8.83. The van der Waals surface area contributed by atoms with Crippen molar-refractivity contribution in [3.63, 3.8) is 0 Å². The SMILES string of the molecule is COC(=O)CCOCC(=O)c1ccc(C#N)nc1Nc1ccc(I)cc1F. The molecule has 1 N–H and O–H groups in total. The predicted molar refractivity (Wildman–Crippen MR) is 103 cm³/mol. The fourth-order valence-electron chi connectivity index (χ4n) is 2.06. The second-order valence-electron chi connectivity index (χ2n) is 5.26. The van der Waals surface area contributed by atoms with Crippen LogP contribution in [-0.4, -0.2) is 37.1 Å². The molecule has 0 spiro atoms. The number of Topliss-reactive ketones (excluding diaryl/α,β-unsaturated/α-hetero) is 1. The minimum atomic E-state index is -0.515. The molecule has 1 aromatic heterocycles. The van der Waals surface area contributed by atoms with Gasteiger partial charge in [-0.15, -0.1) is 0 Å². The van der Waals surface area contributed by atoms with Crippen LogP contribution in [-0.2, 0) is 14.3 Å².